The number of carbonyl (C=O) groups excluding carboxylic acids is 1. The van der Waals surface area contributed by atoms with Crippen LogP contribution in [0.15, 0.2) is 0 Å². The third-order valence-electron chi connectivity index (χ3n) is 3.75. The molecule has 2 rings (SSSR count). The van der Waals surface area contributed by atoms with Gasteiger partial charge in [0.1, 0.15) is 5.78 Å². The first kappa shape index (κ1) is 9.20. The molecule has 0 radical (unpaired) electrons. The molecule has 0 atom stereocenters. The largest absolute Gasteiger partial charge is 0.300 e. The molecule has 0 amide bonds. The molecule has 2 fully saturated rings. The number of likely N-dealkylation sites (tertiary alicyclic amines) is 1. The summed E-state index contributed by atoms with van der Waals surface area (Å²) in [7, 11) is 0. The first-order valence-corrected chi connectivity index (χ1v) is 5.47. The van der Waals surface area contributed by atoms with E-state index in [4.69, 9.17) is 0 Å². The van der Waals surface area contributed by atoms with Crippen LogP contribution in [0, 0.1) is 0 Å². The normalized spacial score (nSPS) is 29.5. The number of hydrogen-bond acceptors (Lipinski definition) is 2. The highest BCUT2D eigenvalue weighted by atomic mass is 16.1. The molecule has 0 aromatic carbocycles. The molecule has 2 aliphatic rings. The van der Waals surface area contributed by atoms with Crippen molar-refractivity contribution in [2.24, 2.45) is 0 Å². The van der Waals surface area contributed by atoms with Crippen molar-refractivity contribution in [3.8, 4) is 0 Å². The number of carbonyl (C=O) groups is 1. The van der Waals surface area contributed by atoms with Gasteiger partial charge in [0.05, 0.1) is 0 Å². The Morgan fingerprint density at radius 3 is 2.23 bits per heavy atom. The SMILES string of the molecule is CC1(N2CCCC2)CCC(=O)CC1. The van der Waals surface area contributed by atoms with Gasteiger partial charge in [0.15, 0.2) is 0 Å². The number of nitrogens with zero attached hydrogens (tertiary/aromatic N) is 1. The molecule has 0 aromatic rings. The Morgan fingerprint density at radius 1 is 1.15 bits per heavy atom. The predicted molar refractivity (Wildman–Crippen MR) is 52.7 cm³/mol. The van der Waals surface area contributed by atoms with Gasteiger partial charge in [0.2, 0.25) is 0 Å². The maximum atomic E-state index is 11.1. The van der Waals surface area contributed by atoms with Crippen molar-refractivity contribution in [3.63, 3.8) is 0 Å². The fourth-order valence-corrected chi connectivity index (χ4v) is 2.64. The summed E-state index contributed by atoms with van der Waals surface area (Å²) in [5.41, 5.74) is 0.352. The summed E-state index contributed by atoms with van der Waals surface area (Å²) in [6.07, 6.45) is 6.50. The lowest BCUT2D eigenvalue weighted by molar-refractivity contribution is -0.122. The molecule has 0 aromatic heterocycles. The maximum Gasteiger partial charge on any atom is 0.133 e. The van der Waals surface area contributed by atoms with Gasteiger partial charge in [0, 0.05) is 18.4 Å². The minimum absolute atomic E-state index is 0.352. The Morgan fingerprint density at radius 2 is 1.69 bits per heavy atom. The maximum absolute atomic E-state index is 11.1. The van der Waals surface area contributed by atoms with Crippen LogP contribution in [0.2, 0.25) is 0 Å². The summed E-state index contributed by atoms with van der Waals surface area (Å²) in [4.78, 5) is 13.7. The predicted octanol–water partition coefficient (Wildman–Crippen LogP) is 1.98. The Hall–Kier alpha value is -0.370. The molecule has 0 N–H and O–H groups in total. The van der Waals surface area contributed by atoms with Gasteiger partial charge in [0.25, 0.3) is 0 Å². The quantitative estimate of drug-likeness (QED) is 0.616. The molecule has 2 nitrogen and oxygen atoms in total. The van der Waals surface area contributed by atoms with Crippen LogP contribution < -0.4 is 0 Å². The summed E-state index contributed by atoms with van der Waals surface area (Å²) in [6, 6.07) is 0. The minimum atomic E-state index is 0.352. The molecule has 0 spiro atoms. The molecule has 0 bridgehead atoms. The molecule has 0 unspecified atom stereocenters. The van der Waals surface area contributed by atoms with Crippen LogP contribution in [0.3, 0.4) is 0 Å². The van der Waals surface area contributed by atoms with Crippen LogP contribution in [0.1, 0.15) is 45.4 Å². The number of ketones is 1. The van der Waals surface area contributed by atoms with Gasteiger partial charge < -0.3 is 0 Å². The molecule has 2 heteroatoms. The number of Topliss-reactive ketones (excluding diaryl/α,β-unsaturated/α-hetero) is 1. The molecular formula is C11H19NO. The third-order valence-corrected chi connectivity index (χ3v) is 3.75. The first-order chi connectivity index (χ1) is 6.21. The van der Waals surface area contributed by atoms with Crippen molar-refractivity contribution >= 4 is 5.78 Å². The van der Waals surface area contributed by atoms with Gasteiger partial charge in [-0.2, -0.15) is 0 Å². The van der Waals surface area contributed by atoms with Gasteiger partial charge in [-0.3, -0.25) is 9.69 Å². The summed E-state index contributed by atoms with van der Waals surface area (Å²) >= 11 is 0. The molecule has 1 heterocycles. The van der Waals surface area contributed by atoms with E-state index in [2.05, 4.69) is 11.8 Å². The molecule has 1 saturated carbocycles. The second-order valence-electron chi connectivity index (χ2n) is 4.73. The Bertz CT molecular complexity index is 196. The summed E-state index contributed by atoms with van der Waals surface area (Å²) in [6.45, 7) is 4.85. The molecule has 74 valence electrons. The smallest absolute Gasteiger partial charge is 0.133 e. The van der Waals surface area contributed by atoms with Crippen molar-refractivity contribution in [1.29, 1.82) is 0 Å². The topological polar surface area (TPSA) is 20.3 Å². The van der Waals surface area contributed by atoms with Crippen LogP contribution >= 0.6 is 0 Å². The Labute approximate surface area is 80.3 Å². The second-order valence-corrected chi connectivity index (χ2v) is 4.73. The second kappa shape index (κ2) is 3.41. The summed E-state index contributed by atoms with van der Waals surface area (Å²) in [5.74, 6) is 0.469. The molecule has 1 aliphatic heterocycles. The van der Waals surface area contributed by atoms with E-state index in [9.17, 15) is 4.79 Å². The standard InChI is InChI=1S/C11H19NO/c1-11(12-8-2-3-9-12)6-4-10(13)5-7-11/h2-9H2,1H3. The van der Waals surface area contributed by atoms with Gasteiger partial charge in [-0.25, -0.2) is 0 Å². The summed E-state index contributed by atoms with van der Waals surface area (Å²) < 4.78 is 0. The van der Waals surface area contributed by atoms with E-state index in [1.807, 2.05) is 0 Å². The molecule has 1 saturated heterocycles. The van der Waals surface area contributed by atoms with Crippen molar-refractivity contribution in [2.75, 3.05) is 13.1 Å². The number of rotatable bonds is 1. The van der Waals surface area contributed by atoms with Gasteiger partial charge >= 0.3 is 0 Å². The van der Waals surface area contributed by atoms with Crippen LogP contribution in [-0.4, -0.2) is 29.3 Å². The zero-order valence-electron chi connectivity index (χ0n) is 8.51. The minimum Gasteiger partial charge on any atom is -0.300 e. The lowest BCUT2D eigenvalue weighted by Crippen LogP contribution is -2.47. The van der Waals surface area contributed by atoms with Crippen LogP contribution in [-0.2, 0) is 4.79 Å². The molecular weight excluding hydrogens is 162 g/mol. The number of hydrogen-bond donors (Lipinski definition) is 0. The molecule has 13 heavy (non-hydrogen) atoms. The van der Waals surface area contributed by atoms with Gasteiger partial charge in [-0.1, -0.05) is 0 Å². The average Bonchev–Trinajstić information content (AvgIpc) is 2.63. The van der Waals surface area contributed by atoms with Crippen molar-refractivity contribution < 1.29 is 4.79 Å². The van der Waals surface area contributed by atoms with E-state index in [1.165, 1.54) is 25.9 Å². The van der Waals surface area contributed by atoms with Crippen molar-refractivity contribution in [3.05, 3.63) is 0 Å². The first-order valence-electron chi connectivity index (χ1n) is 5.47. The fraction of sp³-hybridized carbons (Fsp3) is 0.909. The van der Waals surface area contributed by atoms with Crippen LogP contribution in [0.4, 0.5) is 0 Å². The highest BCUT2D eigenvalue weighted by molar-refractivity contribution is 5.79. The Balaban J connectivity index is 1.98. The van der Waals surface area contributed by atoms with Gasteiger partial charge in [-0.05, 0) is 45.7 Å². The van der Waals surface area contributed by atoms with E-state index in [0.717, 1.165) is 25.7 Å². The highest BCUT2D eigenvalue weighted by Crippen LogP contribution is 2.33. The van der Waals surface area contributed by atoms with E-state index in [1.54, 1.807) is 0 Å². The van der Waals surface area contributed by atoms with E-state index < -0.39 is 0 Å². The van der Waals surface area contributed by atoms with Crippen molar-refractivity contribution in [2.45, 2.75) is 51.0 Å². The molecule has 1 aliphatic carbocycles. The van der Waals surface area contributed by atoms with Crippen molar-refractivity contribution in [1.82, 2.24) is 4.90 Å². The van der Waals surface area contributed by atoms with Crippen LogP contribution in [0.25, 0.3) is 0 Å². The van der Waals surface area contributed by atoms with Gasteiger partial charge in [-0.15, -0.1) is 0 Å². The zero-order chi connectivity index (χ0) is 9.31. The van der Waals surface area contributed by atoms with E-state index in [0.29, 0.717) is 11.3 Å². The van der Waals surface area contributed by atoms with E-state index in [-0.39, 0.29) is 0 Å². The monoisotopic (exact) mass is 181 g/mol. The zero-order valence-corrected chi connectivity index (χ0v) is 8.51. The van der Waals surface area contributed by atoms with Crippen LogP contribution in [0.5, 0.6) is 0 Å². The fourth-order valence-electron chi connectivity index (χ4n) is 2.64. The Kier molecular flexibility index (Phi) is 2.41. The average molecular weight is 181 g/mol. The highest BCUT2D eigenvalue weighted by Gasteiger charge is 2.36. The van der Waals surface area contributed by atoms with E-state index >= 15 is 0 Å². The lowest BCUT2D eigenvalue weighted by atomic mass is 9.81. The summed E-state index contributed by atoms with van der Waals surface area (Å²) in [5, 5.41) is 0. The lowest BCUT2D eigenvalue weighted by Gasteiger charge is -2.41. The third kappa shape index (κ3) is 1.78.